The molecule has 0 atom stereocenters. The van der Waals surface area contributed by atoms with Crippen molar-refractivity contribution >= 4 is 40.6 Å². The van der Waals surface area contributed by atoms with Crippen molar-refractivity contribution in [2.24, 2.45) is 0 Å². The second-order valence-corrected chi connectivity index (χ2v) is 6.43. The predicted octanol–water partition coefficient (Wildman–Crippen LogP) is 3.08. The number of nitrogens with two attached hydrogens (primary N) is 1. The molecule has 5 nitrogen and oxygen atoms in total. The molecule has 2 rings (SSSR count). The highest BCUT2D eigenvalue weighted by molar-refractivity contribution is 8.00. The van der Waals surface area contributed by atoms with Gasteiger partial charge >= 0.3 is 0 Å². The zero-order chi connectivity index (χ0) is 15.2. The molecule has 2 aromatic rings. The molecule has 0 aliphatic carbocycles. The minimum Gasteiger partial charge on any atom is -0.397 e. The summed E-state index contributed by atoms with van der Waals surface area (Å²) in [7, 11) is 0. The SMILES string of the molecule is Cc1nsc(SCCCC(=O)Nc2ccc(F)cc2N)n1. The van der Waals surface area contributed by atoms with Crippen LogP contribution in [0.25, 0.3) is 0 Å². The van der Waals surface area contributed by atoms with Crippen molar-refractivity contribution in [1.29, 1.82) is 0 Å². The van der Waals surface area contributed by atoms with Gasteiger partial charge < -0.3 is 11.1 Å². The van der Waals surface area contributed by atoms with Gasteiger partial charge in [-0.2, -0.15) is 4.37 Å². The number of halogens is 1. The lowest BCUT2D eigenvalue weighted by Crippen LogP contribution is -2.12. The Bertz CT molecular complexity index is 632. The maximum absolute atomic E-state index is 12.9. The van der Waals surface area contributed by atoms with Crippen molar-refractivity contribution < 1.29 is 9.18 Å². The van der Waals surface area contributed by atoms with E-state index in [-0.39, 0.29) is 11.6 Å². The van der Waals surface area contributed by atoms with Crippen molar-refractivity contribution in [3.63, 3.8) is 0 Å². The van der Waals surface area contributed by atoms with Gasteiger partial charge in [0.1, 0.15) is 11.6 Å². The first-order valence-corrected chi connectivity index (χ1v) is 8.08. The van der Waals surface area contributed by atoms with E-state index >= 15 is 0 Å². The van der Waals surface area contributed by atoms with Crippen LogP contribution < -0.4 is 11.1 Å². The molecule has 1 heterocycles. The highest BCUT2D eigenvalue weighted by Crippen LogP contribution is 2.22. The van der Waals surface area contributed by atoms with E-state index in [2.05, 4.69) is 14.7 Å². The number of thioether (sulfide) groups is 1. The second-order valence-electron chi connectivity index (χ2n) is 4.34. The third-order valence-electron chi connectivity index (χ3n) is 2.57. The molecule has 0 spiro atoms. The topological polar surface area (TPSA) is 80.9 Å². The van der Waals surface area contributed by atoms with Crippen LogP contribution in [0.2, 0.25) is 0 Å². The number of benzene rings is 1. The Hall–Kier alpha value is -1.67. The molecule has 8 heteroatoms. The number of hydrogen-bond donors (Lipinski definition) is 2. The Balaban J connectivity index is 1.72. The van der Waals surface area contributed by atoms with Gasteiger partial charge in [0.05, 0.1) is 11.4 Å². The maximum atomic E-state index is 12.9. The molecule has 0 saturated heterocycles. The highest BCUT2D eigenvalue weighted by Gasteiger charge is 2.07. The molecule has 1 aromatic carbocycles. The van der Waals surface area contributed by atoms with Gasteiger partial charge in [0.25, 0.3) is 0 Å². The number of aromatic nitrogens is 2. The van der Waals surface area contributed by atoms with E-state index in [9.17, 15) is 9.18 Å². The average Bonchev–Trinajstić information content (AvgIpc) is 2.84. The van der Waals surface area contributed by atoms with Crippen LogP contribution in [0, 0.1) is 12.7 Å². The Morgan fingerprint density at radius 2 is 2.33 bits per heavy atom. The van der Waals surface area contributed by atoms with E-state index in [4.69, 9.17) is 5.73 Å². The van der Waals surface area contributed by atoms with Crippen LogP contribution in [0.4, 0.5) is 15.8 Å². The number of rotatable bonds is 6. The summed E-state index contributed by atoms with van der Waals surface area (Å²) in [5.41, 5.74) is 6.29. The standard InChI is InChI=1S/C13H15FN4OS2/c1-8-16-13(21-18-8)20-6-2-3-12(19)17-11-5-4-9(14)7-10(11)15/h4-5,7H,2-3,6,15H2,1H3,(H,17,19). The van der Waals surface area contributed by atoms with Crippen LogP contribution in [0.15, 0.2) is 22.5 Å². The number of nitrogen functional groups attached to an aromatic ring is 1. The Morgan fingerprint density at radius 3 is 3.00 bits per heavy atom. The maximum Gasteiger partial charge on any atom is 0.224 e. The number of aryl methyl sites for hydroxylation is 1. The fourth-order valence-corrected chi connectivity index (χ4v) is 3.25. The molecule has 21 heavy (non-hydrogen) atoms. The molecular weight excluding hydrogens is 311 g/mol. The molecule has 112 valence electrons. The molecule has 0 bridgehead atoms. The zero-order valence-electron chi connectivity index (χ0n) is 11.4. The second kappa shape index (κ2) is 7.37. The third-order valence-corrected chi connectivity index (χ3v) is 4.58. The minimum absolute atomic E-state index is 0.137. The van der Waals surface area contributed by atoms with Crippen molar-refractivity contribution in [2.45, 2.75) is 24.1 Å². The van der Waals surface area contributed by atoms with E-state index in [0.717, 1.165) is 22.3 Å². The summed E-state index contributed by atoms with van der Waals surface area (Å²) in [6, 6.07) is 3.91. The molecule has 0 fully saturated rings. The Kier molecular flexibility index (Phi) is 5.51. The monoisotopic (exact) mass is 326 g/mol. The van der Waals surface area contributed by atoms with E-state index in [0.29, 0.717) is 12.1 Å². The highest BCUT2D eigenvalue weighted by atomic mass is 32.2. The lowest BCUT2D eigenvalue weighted by molar-refractivity contribution is -0.116. The molecule has 1 amide bonds. The lowest BCUT2D eigenvalue weighted by Gasteiger charge is -2.07. The number of nitrogens with one attached hydrogen (secondary N) is 1. The molecule has 0 radical (unpaired) electrons. The van der Waals surface area contributed by atoms with Crippen LogP contribution >= 0.6 is 23.3 Å². The number of anilines is 2. The summed E-state index contributed by atoms with van der Waals surface area (Å²) in [6.07, 6.45) is 1.10. The summed E-state index contributed by atoms with van der Waals surface area (Å²) < 4.78 is 17.9. The van der Waals surface area contributed by atoms with Gasteiger partial charge in [-0.15, -0.1) is 0 Å². The van der Waals surface area contributed by atoms with Crippen molar-refractivity contribution in [1.82, 2.24) is 9.36 Å². The zero-order valence-corrected chi connectivity index (χ0v) is 13.1. The average molecular weight is 326 g/mol. The summed E-state index contributed by atoms with van der Waals surface area (Å²) in [5.74, 6) is 1.00. The first-order valence-electron chi connectivity index (χ1n) is 6.32. The number of carbonyl (C=O) groups excluding carboxylic acids is 1. The molecule has 1 aromatic heterocycles. The van der Waals surface area contributed by atoms with Gasteiger partial charge in [-0.05, 0) is 43.1 Å². The molecule has 3 N–H and O–H groups in total. The normalized spacial score (nSPS) is 10.6. The first kappa shape index (κ1) is 15.7. The Morgan fingerprint density at radius 1 is 1.52 bits per heavy atom. The number of nitrogens with zero attached hydrogens (tertiary/aromatic N) is 2. The fourth-order valence-electron chi connectivity index (χ4n) is 1.59. The van der Waals surface area contributed by atoms with Crippen LogP contribution in [-0.2, 0) is 4.79 Å². The summed E-state index contributed by atoms with van der Waals surface area (Å²) in [6.45, 7) is 1.85. The lowest BCUT2D eigenvalue weighted by atomic mass is 10.2. The van der Waals surface area contributed by atoms with E-state index in [1.807, 2.05) is 6.92 Å². The number of carbonyl (C=O) groups is 1. The van der Waals surface area contributed by atoms with Gasteiger partial charge in [-0.3, -0.25) is 4.79 Å². The molecular formula is C13H15FN4OS2. The smallest absolute Gasteiger partial charge is 0.224 e. The van der Waals surface area contributed by atoms with E-state index in [1.54, 1.807) is 11.8 Å². The van der Waals surface area contributed by atoms with Crippen LogP contribution in [0.3, 0.4) is 0 Å². The molecule has 0 saturated carbocycles. The quantitative estimate of drug-likeness (QED) is 0.484. The molecule has 0 unspecified atom stereocenters. The van der Waals surface area contributed by atoms with Crippen LogP contribution in [-0.4, -0.2) is 21.0 Å². The number of amides is 1. The summed E-state index contributed by atoms with van der Waals surface area (Å²) >= 11 is 2.95. The Labute approximate surface area is 130 Å². The van der Waals surface area contributed by atoms with E-state index in [1.165, 1.54) is 29.7 Å². The van der Waals surface area contributed by atoms with Gasteiger partial charge in [-0.25, -0.2) is 9.37 Å². The molecule has 0 aliphatic rings. The minimum atomic E-state index is -0.422. The largest absolute Gasteiger partial charge is 0.397 e. The first-order chi connectivity index (χ1) is 10.0. The van der Waals surface area contributed by atoms with Crippen molar-refractivity contribution in [2.75, 3.05) is 16.8 Å². The van der Waals surface area contributed by atoms with E-state index < -0.39 is 5.82 Å². The van der Waals surface area contributed by atoms with Crippen LogP contribution in [0.1, 0.15) is 18.7 Å². The number of hydrogen-bond acceptors (Lipinski definition) is 6. The molecule has 0 aliphatic heterocycles. The van der Waals surface area contributed by atoms with Crippen LogP contribution in [0.5, 0.6) is 0 Å². The van der Waals surface area contributed by atoms with Gasteiger partial charge in [0.15, 0.2) is 4.34 Å². The third kappa shape index (κ3) is 4.98. The predicted molar refractivity (Wildman–Crippen MR) is 84.0 cm³/mol. The van der Waals surface area contributed by atoms with Crippen molar-refractivity contribution in [3.05, 3.63) is 29.8 Å². The van der Waals surface area contributed by atoms with Gasteiger partial charge in [0.2, 0.25) is 5.91 Å². The van der Waals surface area contributed by atoms with Gasteiger partial charge in [-0.1, -0.05) is 11.8 Å². The van der Waals surface area contributed by atoms with Gasteiger partial charge in [0, 0.05) is 12.2 Å². The summed E-state index contributed by atoms with van der Waals surface area (Å²) in [4.78, 5) is 16.0. The fraction of sp³-hybridized carbons (Fsp3) is 0.308. The summed E-state index contributed by atoms with van der Waals surface area (Å²) in [5, 5.41) is 2.67. The van der Waals surface area contributed by atoms with Crippen molar-refractivity contribution in [3.8, 4) is 0 Å².